The third kappa shape index (κ3) is 1.99. The molecule has 0 aromatic rings. The summed E-state index contributed by atoms with van der Waals surface area (Å²) < 4.78 is 33.3. The van der Waals surface area contributed by atoms with Gasteiger partial charge in [-0.05, 0) is 12.8 Å². The van der Waals surface area contributed by atoms with Gasteiger partial charge in [-0.2, -0.15) is 8.42 Å². The number of hydrogen-bond acceptors (Lipinski definition) is 3. The number of hydrogen-bond donors (Lipinski definition) is 1. The van der Waals surface area contributed by atoms with E-state index in [0.29, 0.717) is 6.54 Å². The fourth-order valence-corrected chi connectivity index (χ4v) is 2.59. The number of amides is 1. The zero-order valence-corrected chi connectivity index (χ0v) is 8.32. The lowest BCUT2D eigenvalue weighted by atomic mass is 9.82. The first-order valence-corrected chi connectivity index (χ1v) is 5.51. The molecule has 0 spiro atoms. The molecule has 2 atom stereocenters. The fraction of sp³-hybridized carbons (Fsp3) is 0.857. The van der Waals surface area contributed by atoms with Crippen molar-refractivity contribution in [1.29, 1.82) is 0 Å². The smallest absolute Gasteiger partial charge is 0.303 e. The second-order valence-electron chi connectivity index (χ2n) is 3.71. The van der Waals surface area contributed by atoms with Gasteiger partial charge in [-0.1, -0.05) is 6.92 Å². The predicted molar refractivity (Wildman–Crippen MR) is 45.2 cm³/mol. The Morgan fingerprint density at radius 2 is 2.23 bits per heavy atom. The van der Waals surface area contributed by atoms with Crippen LogP contribution in [0.3, 0.4) is 0 Å². The van der Waals surface area contributed by atoms with Crippen LogP contribution in [0.4, 0.5) is 3.89 Å². The summed E-state index contributed by atoms with van der Waals surface area (Å²) in [7, 11) is -4.59. The zero-order chi connectivity index (χ0) is 10.3. The highest BCUT2D eigenvalue weighted by Gasteiger charge is 2.47. The molecule has 0 aliphatic carbocycles. The third-order valence-electron chi connectivity index (χ3n) is 2.65. The van der Waals surface area contributed by atoms with E-state index in [4.69, 9.17) is 0 Å². The van der Waals surface area contributed by atoms with E-state index < -0.39 is 21.4 Å². The Hall–Kier alpha value is -0.650. The third-order valence-corrected chi connectivity index (χ3v) is 3.59. The molecule has 1 amide bonds. The highest BCUT2D eigenvalue weighted by Crippen LogP contribution is 2.33. The molecular weight excluding hydrogens is 197 g/mol. The van der Waals surface area contributed by atoms with Crippen LogP contribution in [0.5, 0.6) is 0 Å². The van der Waals surface area contributed by atoms with Gasteiger partial charge in [0, 0.05) is 6.54 Å². The normalized spacial score (nSPS) is 34.7. The van der Waals surface area contributed by atoms with Gasteiger partial charge in [0.1, 0.15) is 0 Å². The molecule has 1 heterocycles. The van der Waals surface area contributed by atoms with Gasteiger partial charge in [-0.25, -0.2) is 0 Å². The molecule has 1 aliphatic rings. The first kappa shape index (κ1) is 10.4. The van der Waals surface area contributed by atoms with Crippen molar-refractivity contribution in [1.82, 2.24) is 5.32 Å². The van der Waals surface area contributed by atoms with Crippen molar-refractivity contribution in [2.24, 2.45) is 11.3 Å². The molecule has 76 valence electrons. The molecule has 0 aromatic carbocycles. The SMILES string of the molecule is C[C@H]1CNC(=O)[C@]1(C)CS(=O)(=O)F. The standard InChI is InChI=1S/C7H12FNO3S/c1-5-3-9-6(10)7(5,2)4-13(8,11)12/h5H,3-4H2,1-2H3,(H,9,10)/t5-,7+/m0/s1. The number of nitrogens with one attached hydrogen (secondary N) is 1. The minimum atomic E-state index is -4.59. The summed E-state index contributed by atoms with van der Waals surface area (Å²) in [5, 5.41) is 2.51. The second kappa shape index (κ2) is 2.94. The van der Waals surface area contributed by atoms with Crippen molar-refractivity contribution < 1.29 is 17.1 Å². The lowest BCUT2D eigenvalue weighted by Crippen LogP contribution is -2.37. The maximum atomic E-state index is 12.4. The maximum absolute atomic E-state index is 12.4. The number of carbonyl (C=O) groups is 1. The Labute approximate surface area is 76.7 Å². The van der Waals surface area contributed by atoms with E-state index in [0.717, 1.165) is 0 Å². The topological polar surface area (TPSA) is 63.2 Å². The molecule has 0 radical (unpaired) electrons. The average molecular weight is 209 g/mol. The molecule has 1 N–H and O–H groups in total. The summed E-state index contributed by atoms with van der Waals surface area (Å²) in [5.41, 5.74) is -1.12. The van der Waals surface area contributed by atoms with Crippen LogP contribution in [-0.2, 0) is 15.0 Å². The fourth-order valence-electron chi connectivity index (χ4n) is 1.46. The Balaban J connectivity index is 2.92. The van der Waals surface area contributed by atoms with E-state index in [1.165, 1.54) is 6.92 Å². The lowest BCUT2D eigenvalue weighted by Gasteiger charge is -2.22. The van der Waals surface area contributed by atoms with Gasteiger partial charge in [0.2, 0.25) is 5.91 Å². The maximum Gasteiger partial charge on any atom is 0.303 e. The van der Waals surface area contributed by atoms with E-state index in [9.17, 15) is 17.1 Å². The Morgan fingerprint density at radius 1 is 1.69 bits per heavy atom. The molecule has 6 heteroatoms. The summed E-state index contributed by atoms with van der Waals surface area (Å²) in [5.74, 6) is -1.28. The van der Waals surface area contributed by atoms with Crippen molar-refractivity contribution in [3.8, 4) is 0 Å². The highest BCUT2D eigenvalue weighted by molar-refractivity contribution is 7.86. The summed E-state index contributed by atoms with van der Waals surface area (Å²) in [6, 6.07) is 0. The van der Waals surface area contributed by atoms with Crippen LogP contribution in [0.15, 0.2) is 0 Å². The van der Waals surface area contributed by atoms with Gasteiger partial charge in [-0.3, -0.25) is 4.79 Å². The van der Waals surface area contributed by atoms with Crippen LogP contribution in [0.25, 0.3) is 0 Å². The van der Waals surface area contributed by atoms with Gasteiger partial charge in [0.25, 0.3) is 0 Å². The van der Waals surface area contributed by atoms with E-state index >= 15 is 0 Å². The van der Waals surface area contributed by atoms with Gasteiger partial charge >= 0.3 is 10.2 Å². The van der Waals surface area contributed by atoms with Gasteiger partial charge < -0.3 is 5.32 Å². The molecular formula is C7H12FNO3S. The van der Waals surface area contributed by atoms with E-state index in [-0.39, 0.29) is 11.8 Å². The van der Waals surface area contributed by atoms with Crippen molar-refractivity contribution in [2.75, 3.05) is 12.3 Å². The van der Waals surface area contributed by atoms with Crippen molar-refractivity contribution >= 4 is 16.1 Å². The van der Waals surface area contributed by atoms with Gasteiger partial charge in [0.15, 0.2) is 0 Å². The molecule has 0 saturated carbocycles. The summed E-state index contributed by atoms with van der Waals surface area (Å²) in [4.78, 5) is 11.2. The summed E-state index contributed by atoms with van der Waals surface area (Å²) >= 11 is 0. The molecule has 0 bridgehead atoms. The van der Waals surface area contributed by atoms with Crippen LogP contribution in [0, 0.1) is 11.3 Å². The van der Waals surface area contributed by atoms with Crippen LogP contribution in [0.1, 0.15) is 13.8 Å². The van der Waals surface area contributed by atoms with E-state index in [2.05, 4.69) is 5.32 Å². The minimum Gasteiger partial charge on any atom is -0.355 e. The Morgan fingerprint density at radius 3 is 2.54 bits per heavy atom. The van der Waals surface area contributed by atoms with Gasteiger partial charge in [0.05, 0.1) is 11.2 Å². The van der Waals surface area contributed by atoms with E-state index in [1.54, 1.807) is 6.92 Å². The predicted octanol–water partition coefficient (Wildman–Crippen LogP) is 0.0579. The van der Waals surface area contributed by atoms with Crippen LogP contribution >= 0.6 is 0 Å². The Bertz CT molecular complexity index is 327. The van der Waals surface area contributed by atoms with Crippen LogP contribution in [0.2, 0.25) is 0 Å². The van der Waals surface area contributed by atoms with Gasteiger partial charge in [-0.15, -0.1) is 3.89 Å². The molecule has 1 aliphatic heterocycles. The molecule has 0 unspecified atom stereocenters. The number of halogens is 1. The van der Waals surface area contributed by atoms with E-state index in [1.807, 2.05) is 0 Å². The molecule has 1 fully saturated rings. The average Bonchev–Trinajstić information content (AvgIpc) is 2.14. The Kier molecular flexibility index (Phi) is 2.36. The van der Waals surface area contributed by atoms with Crippen molar-refractivity contribution in [2.45, 2.75) is 13.8 Å². The first-order chi connectivity index (χ1) is 5.76. The highest BCUT2D eigenvalue weighted by atomic mass is 32.3. The zero-order valence-electron chi connectivity index (χ0n) is 7.50. The molecule has 1 rings (SSSR count). The van der Waals surface area contributed by atoms with Crippen LogP contribution in [-0.4, -0.2) is 26.6 Å². The summed E-state index contributed by atoms with van der Waals surface area (Å²) in [6.07, 6.45) is 0. The minimum absolute atomic E-state index is 0.162. The lowest BCUT2D eigenvalue weighted by molar-refractivity contribution is -0.126. The molecule has 4 nitrogen and oxygen atoms in total. The summed E-state index contributed by atoms with van der Waals surface area (Å²) in [6.45, 7) is 3.60. The van der Waals surface area contributed by atoms with Crippen molar-refractivity contribution in [3.05, 3.63) is 0 Å². The quantitative estimate of drug-likeness (QED) is 0.654. The van der Waals surface area contributed by atoms with Crippen molar-refractivity contribution in [3.63, 3.8) is 0 Å². The second-order valence-corrected chi connectivity index (χ2v) is 5.08. The molecule has 13 heavy (non-hydrogen) atoms. The first-order valence-electron chi connectivity index (χ1n) is 3.96. The number of carbonyl (C=O) groups excluding carboxylic acids is 1. The molecule has 1 saturated heterocycles. The molecule has 0 aromatic heterocycles. The van der Waals surface area contributed by atoms with Crippen LogP contribution < -0.4 is 5.32 Å². The number of rotatable bonds is 2. The monoisotopic (exact) mass is 209 g/mol. The largest absolute Gasteiger partial charge is 0.355 e.